The lowest BCUT2D eigenvalue weighted by molar-refractivity contribution is -0.274. The number of H-pyrrole nitrogens is 1. The standard InChI is InChI=1S/C22H21F3N4O2/c1-21(2)18-17(19(28-27-18)26-20(30)15-6-4-3-5-7-15)13-29(21)12-14-8-10-16(11-9-14)31-22(23,24)25/h3-11H,12-13H2,1-2H3,(H2,26,27,28,30). The largest absolute Gasteiger partial charge is 0.573 e. The summed E-state index contributed by atoms with van der Waals surface area (Å²) in [7, 11) is 0. The van der Waals surface area contributed by atoms with Crippen LogP contribution in [0.3, 0.4) is 0 Å². The molecule has 1 aliphatic rings. The van der Waals surface area contributed by atoms with Crippen LogP contribution in [0.2, 0.25) is 0 Å². The summed E-state index contributed by atoms with van der Waals surface area (Å²) in [6, 6.07) is 14.7. The van der Waals surface area contributed by atoms with Crippen molar-refractivity contribution in [3.8, 4) is 5.75 Å². The first-order chi connectivity index (χ1) is 14.6. The Bertz CT molecular complexity index is 1080. The number of benzene rings is 2. The van der Waals surface area contributed by atoms with Gasteiger partial charge in [0, 0.05) is 24.2 Å². The Labute approximate surface area is 177 Å². The molecule has 2 heterocycles. The molecule has 0 atom stereocenters. The Balaban J connectivity index is 1.48. The molecule has 0 saturated carbocycles. The fourth-order valence-electron chi connectivity index (χ4n) is 3.71. The smallest absolute Gasteiger partial charge is 0.406 e. The Kier molecular flexibility index (Phi) is 5.22. The fraction of sp³-hybridized carbons (Fsp3) is 0.273. The van der Waals surface area contributed by atoms with Crippen molar-refractivity contribution < 1.29 is 22.7 Å². The van der Waals surface area contributed by atoms with Crippen molar-refractivity contribution in [3.05, 3.63) is 77.0 Å². The summed E-state index contributed by atoms with van der Waals surface area (Å²) in [6.45, 7) is 5.10. The zero-order valence-corrected chi connectivity index (χ0v) is 17.0. The Morgan fingerprint density at radius 2 is 1.84 bits per heavy atom. The highest BCUT2D eigenvalue weighted by molar-refractivity contribution is 6.04. The van der Waals surface area contributed by atoms with Crippen molar-refractivity contribution in [3.63, 3.8) is 0 Å². The molecule has 2 aromatic carbocycles. The van der Waals surface area contributed by atoms with E-state index in [1.807, 2.05) is 19.9 Å². The Morgan fingerprint density at radius 3 is 2.48 bits per heavy atom. The second-order valence-corrected chi connectivity index (χ2v) is 7.85. The number of nitrogens with one attached hydrogen (secondary N) is 2. The van der Waals surface area contributed by atoms with Gasteiger partial charge in [0.25, 0.3) is 5.91 Å². The molecule has 31 heavy (non-hydrogen) atoms. The minimum absolute atomic E-state index is 0.244. The second kappa shape index (κ2) is 7.73. The van der Waals surface area contributed by atoms with E-state index in [0.29, 0.717) is 24.5 Å². The second-order valence-electron chi connectivity index (χ2n) is 7.85. The quantitative estimate of drug-likeness (QED) is 0.609. The van der Waals surface area contributed by atoms with E-state index in [-0.39, 0.29) is 11.7 Å². The van der Waals surface area contributed by atoms with E-state index in [1.54, 1.807) is 36.4 Å². The number of anilines is 1. The molecule has 1 amide bonds. The molecule has 4 rings (SSSR count). The highest BCUT2D eigenvalue weighted by Crippen LogP contribution is 2.41. The molecule has 0 saturated heterocycles. The van der Waals surface area contributed by atoms with Gasteiger partial charge in [-0.3, -0.25) is 14.8 Å². The number of carbonyl (C=O) groups is 1. The molecule has 9 heteroatoms. The number of carbonyl (C=O) groups excluding carboxylic acids is 1. The molecule has 2 N–H and O–H groups in total. The maximum atomic E-state index is 12.5. The Morgan fingerprint density at radius 1 is 1.16 bits per heavy atom. The van der Waals surface area contributed by atoms with Crippen LogP contribution < -0.4 is 10.1 Å². The highest BCUT2D eigenvalue weighted by atomic mass is 19.4. The van der Waals surface area contributed by atoms with Crippen molar-refractivity contribution in [2.45, 2.75) is 38.8 Å². The molecule has 1 aliphatic heterocycles. The third kappa shape index (κ3) is 4.41. The van der Waals surface area contributed by atoms with Crippen LogP contribution in [0.15, 0.2) is 54.6 Å². The number of ether oxygens (including phenoxy) is 1. The first-order valence-corrected chi connectivity index (χ1v) is 9.67. The molecule has 0 unspecified atom stereocenters. The van der Waals surface area contributed by atoms with Gasteiger partial charge >= 0.3 is 6.36 Å². The summed E-state index contributed by atoms with van der Waals surface area (Å²) in [5.74, 6) is -0.0166. The predicted molar refractivity (Wildman–Crippen MR) is 108 cm³/mol. The molecule has 0 bridgehead atoms. The van der Waals surface area contributed by atoms with Gasteiger partial charge in [0.2, 0.25) is 0 Å². The number of nitrogens with zero attached hydrogens (tertiary/aromatic N) is 2. The van der Waals surface area contributed by atoms with Crippen LogP contribution in [-0.2, 0) is 18.6 Å². The number of amides is 1. The number of aromatic nitrogens is 2. The summed E-state index contributed by atoms with van der Waals surface area (Å²) in [5, 5.41) is 10.2. The molecule has 0 aliphatic carbocycles. The van der Waals surface area contributed by atoms with Gasteiger partial charge in [0.05, 0.1) is 11.2 Å². The van der Waals surface area contributed by atoms with Crippen LogP contribution in [0.25, 0.3) is 0 Å². The summed E-state index contributed by atoms with van der Waals surface area (Å²) in [4.78, 5) is 14.7. The Hall–Kier alpha value is -3.33. The number of rotatable bonds is 5. The monoisotopic (exact) mass is 430 g/mol. The SMILES string of the molecule is CC1(C)c2[nH]nc(NC(=O)c3ccccc3)c2CN1Cc1ccc(OC(F)(F)F)cc1. The average molecular weight is 430 g/mol. The topological polar surface area (TPSA) is 70.2 Å². The molecular weight excluding hydrogens is 409 g/mol. The summed E-state index contributed by atoms with van der Waals surface area (Å²) >= 11 is 0. The van der Waals surface area contributed by atoms with Gasteiger partial charge in [-0.1, -0.05) is 30.3 Å². The molecule has 0 fully saturated rings. The molecule has 0 spiro atoms. The number of aromatic amines is 1. The zero-order chi connectivity index (χ0) is 22.2. The number of hydrogen-bond donors (Lipinski definition) is 2. The number of fused-ring (bicyclic) bond motifs is 1. The average Bonchev–Trinajstić information content (AvgIpc) is 3.21. The van der Waals surface area contributed by atoms with Crippen LogP contribution in [-0.4, -0.2) is 27.4 Å². The lowest BCUT2D eigenvalue weighted by Gasteiger charge is -2.31. The summed E-state index contributed by atoms with van der Waals surface area (Å²) in [5.41, 5.74) is 2.77. The van der Waals surface area contributed by atoms with E-state index < -0.39 is 11.9 Å². The van der Waals surface area contributed by atoms with Crippen LogP contribution in [0.5, 0.6) is 5.75 Å². The van der Waals surface area contributed by atoms with Crippen molar-refractivity contribution >= 4 is 11.7 Å². The molecule has 162 valence electrons. The van der Waals surface area contributed by atoms with Crippen LogP contribution in [0.1, 0.15) is 41.0 Å². The molecule has 6 nitrogen and oxygen atoms in total. The number of hydrogen-bond acceptors (Lipinski definition) is 4. The highest BCUT2D eigenvalue weighted by Gasteiger charge is 2.41. The first kappa shape index (κ1) is 20.9. The van der Waals surface area contributed by atoms with Gasteiger partial charge in [0.1, 0.15) is 5.75 Å². The molecule has 0 radical (unpaired) electrons. The number of halogens is 3. The number of alkyl halides is 3. The fourth-order valence-corrected chi connectivity index (χ4v) is 3.71. The van der Waals surface area contributed by atoms with E-state index in [2.05, 4.69) is 25.2 Å². The lowest BCUT2D eigenvalue weighted by Crippen LogP contribution is -2.35. The van der Waals surface area contributed by atoms with Gasteiger partial charge in [-0.15, -0.1) is 13.2 Å². The van der Waals surface area contributed by atoms with Crippen LogP contribution in [0.4, 0.5) is 19.0 Å². The van der Waals surface area contributed by atoms with Crippen LogP contribution >= 0.6 is 0 Å². The van der Waals surface area contributed by atoms with E-state index in [0.717, 1.165) is 16.8 Å². The third-order valence-corrected chi connectivity index (χ3v) is 5.42. The minimum Gasteiger partial charge on any atom is -0.406 e. The van der Waals surface area contributed by atoms with Gasteiger partial charge in [0.15, 0.2) is 5.82 Å². The van der Waals surface area contributed by atoms with Gasteiger partial charge in [-0.05, 0) is 43.7 Å². The van der Waals surface area contributed by atoms with Crippen molar-refractivity contribution in [1.29, 1.82) is 0 Å². The third-order valence-electron chi connectivity index (χ3n) is 5.42. The molecule has 1 aromatic heterocycles. The van der Waals surface area contributed by atoms with E-state index in [9.17, 15) is 18.0 Å². The molecular formula is C22H21F3N4O2. The predicted octanol–water partition coefficient (Wildman–Crippen LogP) is 4.81. The van der Waals surface area contributed by atoms with Gasteiger partial charge in [-0.2, -0.15) is 5.10 Å². The van der Waals surface area contributed by atoms with Crippen molar-refractivity contribution in [1.82, 2.24) is 15.1 Å². The van der Waals surface area contributed by atoms with Crippen molar-refractivity contribution in [2.24, 2.45) is 0 Å². The summed E-state index contributed by atoms with van der Waals surface area (Å²) in [6.07, 6.45) is -4.71. The zero-order valence-electron chi connectivity index (χ0n) is 17.0. The van der Waals surface area contributed by atoms with Gasteiger partial charge in [-0.25, -0.2) is 0 Å². The minimum atomic E-state index is -4.71. The van der Waals surface area contributed by atoms with Gasteiger partial charge < -0.3 is 10.1 Å². The van der Waals surface area contributed by atoms with E-state index in [1.165, 1.54) is 12.1 Å². The summed E-state index contributed by atoms with van der Waals surface area (Å²) < 4.78 is 41.0. The first-order valence-electron chi connectivity index (χ1n) is 9.67. The van der Waals surface area contributed by atoms with E-state index >= 15 is 0 Å². The van der Waals surface area contributed by atoms with Crippen molar-refractivity contribution in [2.75, 3.05) is 5.32 Å². The maximum Gasteiger partial charge on any atom is 0.573 e. The maximum absolute atomic E-state index is 12.5. The molecule has 3 aromatic rings. The van der Waals surface area contributed by atoms with E-state index in [4.69, 9.17) is 0 Å². The van der Waals surface area contributed by atoms with Crippen LogP contribution in [0, 0.1) is 0 Å². The lowest BCUT2D eigenvalue weighted by atomic mass is 10.00. The normalized spacial score (nSPS) is 15.5.